The first-order valence-corrected chi connectivity index (χ1v) is 10.3. The van der Waals surface area contributed by atoms with Crippen LogP contribution < -0.4 is 15.4 Å². The van der Waals surface area contributed by atoms with E-state index in [4.69, 9.17) is 9.47 Å². The first-order valence-electron chi connectivity index (χ1n) is 9.51. The zero-order valence-electron chi connectivity index (χ0n) is 17.0. The second-order valence-corrected chi connectivity index (χ2v) is 7.81. The summed E-state index contributed by atoms with van der Waals surface area (Å²) < 4.78 is 11.4. The third-order valence-electron chi connectivity index (χ3n) is 4.14. The summed E-state index contributed by atoms with van der Waals surface area (Å²) in [4.78, 5) is 24.5. The quantitative estimate of drug-likeness (QED) is 0.509. The summed E-state index contributed by atoms with van der Waals surface area (Å²) in [7, 11) is 1.58. The normalized spacial score (nSPS) is 10.7. The van der Waals surface area contributed by atoms with Crippen LogP contribution in [0.2, 0.25) is 0 Å². The number of amides is 2. The number of methoxy groups -OCH3 is 1. The lowest BCUT2D eigenvalue weighted by molar-refractivity contribution is 0.0936. The Morgan fingerprint density at radius 2 is 1.69 bits per heavy atom. The second-order valence-electron chi connectivity index (χ2n) is 6.96. The van der Waals surface area contributed by atoms with Gasteiger partial charge in [-0.05, 0) is 70.7 Å². The van der Waals surface area contributed by atoms with Gasteiger partial charge in [-0.3, -0.25) is 9.59 Å². The maximum Gasteiger partial charge on any atom is 0.255 e. The third-order valence-corrected chi connectivity index (χ3v) is 4.76. The van der Waals surface area contributed by atoms with Crippen LogP contribution in [0.3, 0.4) is 0 Å². The van der Waals surface area contributed by atoms with E-state index >= 15 is 0 Å². The van der Waals surface area contributed by atoms with Gasteiger partial charge in [-0.25, -0.2) is 0 Å². The zero-order chi connectivity index (χ0) is 21.2. The van der Waals surface area contributed by atoms with Crippen molar-refractivity contribution >= 4 is 33.4 Å². The lowest BCUT2D eigenvalue weighted by Crippen LogP contribution is -2.26. The molecule has 0 bridgehead atoms. The van der Waals surface area contributed by atoms with Crippen LogP contribution in [0.5, 0.6) is 5.75 Å². The summed E-state index contributed by atoms with van der Waals surface area (Å²) in [5.74, 6) is 0.862. The fraction of sp³-hybridized carbons (Fsp3) is 0.364. The molecule has 6 nitrogen and oxygen atoms in total. The summed E-state index contributed by atoms with van der Waals surface area (Å²) in [6.07, 6.45) is 0.967. The largest absolute Gasteiger partial charge is 0.492 e. The predicted molar refractivity (Wildman–Crippen MR) is 118 cm³/mol. The molecule has 7 heteroatoms. The van der Waals surface area contributed by atoms with E-state index in [9.17, 15) is 9.59 Å². The molecule has 0 aliphatic rings. The molecule has 2 N–H and O–H groups in total. The second kappa shape index (κ2) is 11.6. The molecule has 2 aromatic carbocycles. The van der Waals surface area contributed by atoms with Gasteiger partial charge < -0.3 is 20.1 Å². The Morgan fingerprint density at radius 1 is 1.00 bits per heavy atom. The van der Waals surface area contributed by atoms with Crippen LogP contribution in [0.25, 0.3) is 0 Å². The minimum atomic E-state index is -0.239. The summed E-state index contributed by atoms with van der Waals surface area (Å²) in [5.41, 5.74) is 1.64. The average molecular weight is 463 g/mol. The van der Waals surface area contributed by atoms with Crippen LogP contribution in [-0.2, 0) is 4.74 Å². The smallest absolute Gasteiger partial charge is 0.255 e. The molecule has 0 aliphatic carbocycles. The van der Waals surface area contributed by atoms with Crippen LogP contribution in [0.4, 0.5) is 5.69 Å². The molecule has 0 fully saturated rings. The van der Waals surface area contributed by atoms with E-state index in [1.807, 2.05) is 0 Å². The van der Waals surface area contributed by atoms with E-state index in [1.165, 1.54) is 0 Å². The number of ether oxygens (including phenoxy) is 2. The van der Waals surface area contributed by atoms with E-state index in [1.54, 1.807) is 49.6 Å². The Kier molecular flexibility index (Phi) is 9.15. The van der Waals surface area contributed by atoms with Crippen molar-refractivity contribution < 1.29 is 19.1 Å². The van der Waals surface area contributed by atoms with Gasteiger partial charge in [0.25, 0.3) is 11.8 Å². The van der Waals surface area contributed by atoms with Crippen molar-refractivity contribution in [2.75, 3.05) is 32.2 Å². The fourth-order valence-corrected chi connectivity index (χ4v) is 2.93. The highest BCUT2D eigenvalue weighted by Crippen LogP contribution is 2.27. The minimum absolute atomic E-state index is 0.183. The molecule has 0 unspecified atom stereocenters. The number of hydrogen-bond donors (Lipinski definition) is 2. The molecule has 0 saturated carbocycles. The standard InChI is InChI=1S/C22H27BrN2O4/c1-15(2)10-12-29-20-9-6-17(14-19(20)23)22(27)25-18-7-4-16(5-8-18)21(26)24-11-13-28-3/h4-9,14-15H,10-13H2,1-3H3,(H,24,26)(H,25,27). The van der Waals surface area contributed by atoms with Crippen LogP contribution in [-0.4, -0.2) is 38.7 Å². The van der Waals surface area contributed by atoms with Crippen molar-refractivity contribution in [1.82, 2.24) is 5.32 Å². The summed E-state index contributed by atoms with van der Waals surface area (Å²) in [6, 6.07) is 12.0. The maximum atomic E-state index is 12.5. The summed E-state index contributed by atoms with van der Waals surface area (Å²) >= 11 is 3.46. The molecule has 2 amide bonds. The lowest BCUT2D eigenvalue weighted by atomic mass is 10.1. The average Bonchev–Trinajstić information content (AvgIpc) is 2.69. The molecule has 0 spiro atoms. The van der Waals surface area contributed by atoms with Gasteiger partial charge in [0, 0.05) is 30.5 Å². The van der Waals surface area contributed by atoms with Gasteiger partial charge >= 0.3 is 0 Å². The number of hydrogen-bond acceptors (Lipinski definition) is 4. The molecule has 0 saturated heterocycles. The van der Waals surface area contributed by atoms with Crippen molar-refractivity contribution in [3.05, 3.63) is 58.1 Å². The van der Waals surface area contributed by atoms with Crippen molar-refractivity contribution in [1.29, 1.82) is 0 Å². The molecule has 0 radical (unpaired) electrons. The number of carbonyl (C=O) groups excluding carboxylic acids is 2. The molecule has 0 aliphatic heterocycles. The number of benzene rings is 2. The molecule has 156 valence electrons. The molecule has 0 aromatic heterocycles. The van der Waals surface area contributed by atoms with E-state index in [2.05, 4.69) is 40.4 Å². The van der Waals surface area contributed by atoms with Gasteiger partial charge in [0.05, 0.1) is 17.7 Å². The highest BCUT2D eigenvalue weighted by Gasteiger charge is 2.11. The molecule has 0 heterocycles. The Labute approximate surface area is 180 Å². The van der Waals surface area contributed by atoms with Gasteiger partial charge in [-0.15, -0.1) is 0 Å². The maximum absolute atomic E-state index is 12.5. The van der Waals surface area contributed by atoms with Gasteiger partial charge in [0.15, 0.2) is 0 Å². The molecule has 0 atom stereocenters. The van der Waals surface area contributed by atoms with E-state index < -0.39 is 0 Å². The topological polar surface area (TPSA) is 76.7 Å². The van der Waals surface area contributed by atoms with Crippen molar-refractivity contribution in [3.8, 4) is 5.75 Å². The number of nitrogens with one attached hydrogen (secondary N) is 2. The number of anilines is 1. The predicted octanol–water partition coefficient (Wildman–Crippen LogP) is 4.50. The molecular weight excluding hydrogens is 436 g/mol. The van der Waals surface area contributed by atoms with Crippen molar-refractivity contribution in [3.63, 3.8) is 0 Å². The first-order chi connectivity index (χ1) is 13.9. The van der Waals surface area contributed by atoms with Crippen LogP contribution in [0.1, 0.15) is 41.0 Å². The SMILES string of the molecule is COCCNC(=O)c1ccc(NC(=O)c2ccc(OCCC(C)C)c(Br)c2)cc1. The number of halogens is 1. The van der Waals surface area contributed by atoms with Gasteiger partial charge in [0.2, 0.25) is 0 Å². The molecule has 2 aromatic rings. The zero-order valence-corrected chi connectivity index (χ0v) is 18.5. The summed E-state index contributed by atoms with van der Waals surface area (Å²) in [6.45, 7) is 5.82. The van der Waals surface area contributed by atoms with Crippen LogP contribution in [0.15, 0.2) is 46.9 Å². The number of carbonyl (C=O) groups is 2. The monoisotopic (exact) mass is 462 g/mol. The minimum Gasteiger partial charge on any atom is -0.492 e. The van der Waals surface area contributed by atoms with Crippen molar-refractivity contribution in [2.24, 2.45) is 5.92 Å². The molecule has 2 rings (SSSR count). The fourth-order valence-electron chi connectivity index (χ4n) is 2.44. The lowest BCUT2D eigenvalue weighted by Gasteiger charge is -2.11. The van der Waals surface area contributed by atoms with E-state index in [0.717, 1.165) is 10.9 Å². The molecular formula is C22H27BrN2O4. The van der Waals surface area contributed by atoms with Crippen molar-refractivity contribution in [2.45, 2.75) is 20.3 Å². The Morgan fingerprint density at radius 3 is 2.31 bits per heavy atom. The first kappa shape index (κ1) is 22.9. The van der Waals surface area contributed by atoms with E-state index in [-0.39, 0.29) is 11.8 Å². The highest BCUT2D eigenvalue weighted by atomic mass is 79.9. The van der Waals surface area contributed by atoms with Gasteiger partial charge in [-0.1, -0.05) is 13.8 Å². The summed E-state index contributed by atoms with van der Waals surface area (Å²) in [5, 5.41) is 5.58. The van der Waals surface area contributed by atoms with Crippen LogP contribution in [0, 0.1) is 5.92 Å². The Bertz CT molecular complexity index is 822. The Balaban J connectivity index is 1.94. The highest BCUT2D eigenvalue weighted by molar-refractivity contribution is 9.10. The van der Waals surface area contributed by atoms with E-state index in [0.29, 0.717) is 48.2 Å². The third kappa shape index (κ3) is 7.51. The Hall–Kier alpha value is -2.38. The molecule has 29 heavy (non-hydrogen) atoms. The van der Waals surface area contributed by atoms with Crippen LogP contribution >= 0.6 is 15.9 Å². The van der Waals surface area contributed by atoms with Gasteiger partial charge in [0.1, 0.15) is 5.75 Å². The number of rotatable bonds is 10. The van der Waals surface area contributed by atoms with Gasteiger partial charge in [-0.2, -0.15) is 0 Å².